The predicted molar refractivity (Wildman–Crippen MR) is 108 cm³/mol. The van der Waals surface area contributed by atoms with Crippen LogP contribution in [0, 0.1) is 5.92 Å². The molecule has 0 aliphatic heterocycles. The van der Waals surface area contributed by atoms with Crippen LogP contribution in [0.5, 0.6) is 11.5 Å². The number of carbonyl (C=O) groups is 1. The molecule has 27 heavy (non-hydrogen) atoms. The molecule has 1 aromatic rings. The number of allylic oxidation sites excluding steroid dienone is 3. The van der Waals surface area contributed by atoms with Crippen LogP contribution in [0.1, 0.15) is 80.3 Å². The van der Waals surface area contributed by atoms with E-state index in [-0.39, 0.29) is 28.9 Å². The van der Waals surface area contributed by atoms with Crippen LogP contribution in [0.4, 0.5) is 0 Å². The SMILES string of the molecule is C=C(C)C1CCC(C)=CC1c1c(O)cc(O)c(C(=O)OC)c1CCCCC. The number of phenolic OH excluding ortho intramolecular Hbond substituents is 2. The maximum atomic E-state index is 12.4. The zero-order chi connectivity index (χ0) is 20.1. The van der Waals surface area contributed by atoms with E-state index in [0.29, 0.717) is 12.0 Å². The van der Waals surface area contributed by atoms with Crippen molar-refractivity contribution in [1.29, 1.82) is 0 Å². The summed E-state index contributed by atoms with van der Waals surface area (Å²) >= 11 is 0. The molecule has 148 valence electrons. The Morgan fingerprint density at radius 3 is 2.59 bits per heavy atom. The largest absolute Gasteiger partial charge is 0.507 e. The molecule has 4 nitrogen and oxygen atoms in total. The van der Waals surface area contributed by atoms with Gasteiger partial charge in [-0.15, -0.1) is 0 Å². The third kappa shape index (κ3) is 4.55. The normalized spacial score (nSPS) is 19.5. The van der Waals surface area contributed by atoms with E-state index in [1.54, 1.807) is 0 Å². The monoisotopic (exact) mass is 372 g/mol. The van der Waals surface area contributed by atoms with Gasteiger partial charge in [0.15, 0.2) is 0 Å². The molecule has 0 aromatic heterocycles. The lowest BCUT2D eigenvalue weighted by Gasteiger charge is -2.33. The van der Waals surface area contributed by atoms with Crippen molar-refractivity contribution < 1.29 is 19.7 Å². The Hall–Kier alpha value is -2.23. The number of carbonyl (C=O) groups excluding carboxylic acids is 1. The van der Waals surface area contributed by atoms with Crippen LogP contribution < -0.4 is 0 Å². The van der Waals surface area contributed by atoms with Crippen LogP contribution in [-0.4, -0.2) is 23.3 Å². The van der Waals surface area contributed by atoms with E-state index >= 15 is 0 Å². The van der Waals surface area contributed by atoms with E-state index in [1.165, 1.54) is 18.7 Å². The minimum Gasteiger partial charge on any atom is -0.507 e. The van der Waals surface area contributed by atoms with Crippen LogP contribution in [0.25, 0.3) is 0 Å². The number of hydrogen-bond acceptors (Lipinski definition) is 4. The Bertz CT molecular complexity index is 745. The van der Waals surface area contributed by atoms with Crippen LogP contribution in [0.2, 0.25) is 0 Å². The molecule has 1 aliphatic rings. The third-order valence-electron chi connectivity index (χ3n) is 5.57. The van der Waals surface area contributed by atoms with Gasteiger partial charge in [0, 0.05) is 17.5 Å². The molecule has 2 rings (SSSR count). The van der Waals surface area contributed by atoms with Gasteiger partial charge in [-0.05, 0) is 51.0 Å². The summed E-state index contributed by atoms with van der Waals surface area (Å²) in [6.45, 7) is 10.4. The van der Waals surface area contributed by atoms with E-state index in [2.05, 4.69) is 26.5 Å². The lowest BCUT2D eigenvalue weighted by molar-refractivity contribution is 0.0596. The molecular formula is C23H32O4. The van der Waals surface area contributed by atoms with Gasteiger partial charge in [-0.3, -0.25) is 0 Å². The van der Waals surface area contributed by atoms with Crippen LogP contribution in [0.15, 0.2) is 29.9 Å². The number of hydrogen-bond donors (Lipinski definition) is 2. The van der Waals surface area contributed by atoms with Gasteiger partial charge in [0.25, 0.3) is 0 Å². The van der Waals surface area contributed by atoms with E-state index in [9.17, 15) is 15.0 Å². The molecule has 0 saturated carbocycles. The van der Waals surface area contributed by atoms with Gasteiger partial charge < -0.3 is 14.9 Å². The zero-order valence-electron chi connectivity index (χ0n) is 17.0. The summed E-state index contributed by atoms with van der Waals surface area (Å²) in [6.07, 6.45) is 7.70. The molecular weight excluding hydrogens is 340 g/mol. The second-order valence-electron chi connectivity index (χ2n) is 7.66. The first-order valence-electron chi connectivity index (χ1n) is 9.80. The number of benzene rings is 1. The molecule has 2 atom stereocenters. The lowest BCUT2D eigenvalue weighted by Crippen LogP contribution is -2.20. The van der Waals surface area contributed by atoms with E-state index in [1.807, 2.05) is 6.92 Å². The summed E-state index contributed by atoms with van der Waals surface area (Å²) in [5.41, 5.74) is 3.95. The average molecular weight is 373 g/mol. The molecule has 1 aromatic carbocycles. The number of methoxy groups -OCH3 is 1. The first-order valence-corrected chi connectivity index (χ1v) is 9.80. The van der Waals surface area contributed by atoms with E-state index < -0.39 is 5.97 Å². The fourth-order valence-corrected chi connectivity index (χ4v) is 4.14. The van der Waals surface area contributed by atoms with Crippen molar-refractivity contribution in [3.8, 4) is 11.5 Å². The second-order valence-corrected chi connectivity index (χ2v) is 7.66. The van der Waals surface area contributed by atoms with Crippen molar-refractivity contribution in [3.05, 3.63) is 46.6 Å². The minimum atomic E-state index is -0.566. The topological polar surface area (TPSA) is 66.8 Å². The lowest BCUT2D eigenvalue weighted by atomic mass is 9.72. The average Bonchev–Trinajstić information content (AvgIpc) is 2.61. The zero-order valence-corrected chi connectivity index (χ0v) is 17.0. The summed E-state index contributed by atoms with van der Waals surface area (Å²) < 4.78 is 4.93. The van der Waals surface area contributed by atoms with E-state index in [4.69, 9.17) is 4.74 Å². The number of unbranched alkanes of at least 4 members (excludes halogenated alkanes) is 2. The minimum absolute atomic E-state index is 0.0360. The van der Waals surface area contributed by atoms with Gasteiger partial charge in [0.2, 0.25) is 0 Å². The number of aromatic hydroxyl groups is 2. The maximum absolute atomic E-state index is 12.4. The standard InChI is InChI=1S/C23H32O4/c1-6-7-8-9-17-21(18-12-15(4)10-11-16(18)14(2)3)19(24)13-20(25)22(17)23(26)27-5/h12-13,16,18,24-25H,2,6-11H2,1,3-5H3. The Kier molecular flexibility index (Phi) is 7.11. The Morgan fingerprint density at radius 2 is 2.00 bits per heavy atom. The summed E-state index contributed by atoms with van der Waals surface area (Å²) in [4.78, 5) is 12.4. The molecule has 1 aliphatic carbocycles. The molecule has 2 N–H and O–H groups in total. The highest BCUT2D eigenvalue weighted by molar-refractivity contribution is 5.95. The van der Waals surface area contributed by atoms with Crippen molar-refractivity contribution in [1.82, 2.24) is 0 Å². The summed E-state index contributed by atoms with van der Waals surface area (Å²) in [5.74, 6) is -0.619. The molecule has 4 heteroatoms. The first kappa shape index (κ1) is 21.1. The van der Waals surface area contributed by atoms with E-state index in [0.717, 1.165) is 43.2 Å². The van der Waals surface area contributed by atoms with Gasteiger partial charge in [-0.2, -0.15) is 0 Å². The highest BCUT2D eigenvalue weighted by atomic mass is 16.5. The number of rotatable bonds is 7. The van der Waals surface area contributed by atoms with Gasteiger partial charge in [-0.1, -0.05) is 43.6 Å². The van der Waals surface area contributed by atoms with Gasteiger partial charge in [-0.25, -0.2) is 4.79 Å². The molecule has 0 amide bonds. The van der Waals surface area contributed by atoms with Crippen molar-refractivity contribution >= 4 is 5.97 Å². The predicted octanol–water partition coefficient (Wildman–Crippen LogP) is 5.63. The fourth-order valence-electron chi connectivity index (χ4n) is 4.14. The highest BCUT2D eigenvalue weighted by Crippen LogP contribution is 2.47. The number of ether oxygens (including phenoxy) is 1. The fraction of sp³-hybridized carbons (Fsp3) is 0.522. The van der Waals surface area contributed by atoms with Crippen LogP contribution >= 0.6 is 0 Å². The molecule has 0 heterocycles. The second kappa shape index (κ2) is 9.12. The molecule has 0 spiro atoms. The Labute approximate surface area is 162 Å². The third-order valence-corrected chi connectivity index (χ3v) is 5.57. The molecule has 0 saturated heterocycles. The quantitative estimate of drug-likeness (QED) is 0.370. The van der Waals surface area contributed by atoms with Gasteiger partial charge in [0.1, 0.15) is 17.1 Å². The molecule has 2 unspecified atom stereocenters. The van der Waals surface area contributed by atoms with Gasteiger partial charge >= 0.3 is 5.97 Å². The van der Waals surface area contributed by atoms with Gasteiger partial charge in [0.05, 0.1) is 7.11 Å². The molecule has 0 fully saturated rings. The molecule has 0 bridgehead atoms. The summed E-state index contributed by atoms with van der Waals surface area (Å²) in [6, 6.07) is 1.28. The Morgan fingerprint density at radius 1 is 1.30 bits per heavy atom. The van der Waals surface area contributed by atoms with Crippen LogP contribution in [0.3, 0.4) is 0 Å². The highest BCUT2D eigenvalue weighted by Gasteiger charge is 2.33. The Balaban J connectivity index is 2.70. The molecule has 0 radical (unpaired) electrons. The van der Waals surface area contributed by atoms with Crippen molar-refractivity contribution in [2.45, 2.75) is 65.2 Å². The smallest absolute Gasteiger partial charge is 0.341 e. The number of phenols is 2. The van der Waals surface area contributed by atoms with Crippen LogP contribution in [-0.2, 0) is 11.2 Å². The summed E-state index contributed by atoms with van der Waals surface area (Å²) in [5, 5.41) is 21.2. The van der Waals surface area contributed by atoms with Crippen molar-refractivity contribution in [3.63, 3.8) is 0 Å². The number of esters is 1. The van der Waals surface area contributed by atoms with Crippen molar-refractivity contribution in [2.75, 3.05) is 7.11 Å². The van der Waals surface area contributed by atoms with Crippen molar-refractivity contribution in [2.24, 2.45) is 5.92 Å². The summed E-state index contributed by atoms with van der Waals surface area (Å²) in [7, 11) is 1.31. The maximum Gasteiger partial charge on any atom is 0.341 e. The first-order chi connectivity index (χ1) is 12.8.